The Hall–Kier alpha value is -1.88. The molecule has 3 rings (SSSR count). The smallest absolute Gasteiger partial charge is 0.253 e. The molecule has 5 nitrogen and oxygen atoms in total. The molecule has 0 aromatic heterocycles. The summed E-state index contributed by atoms with van der Waals surface area (Å²) < 4.78 is 0. The van der Waals surface area contributed by atoms with Crippen LogP contribution in [0.15, 0.2) is 24.3 Å². The van der Waals surface area contributed by atoms with Gasteiger partial charge in [0, 0.05) is 45.2 Å². The second-order valence-electron chi connectivity index (χ2n) is 6.94. The number of likely N-dealkylation sites (tertiary alicyclic amines) is 1. The van der Waals surface area contributed by atoms with Crippen LogP contribution >= 0.6 is 0 Å². The summed E-state index contributed by atoms with van der Waals surface area (Å²) in [5.41, 5.74) is 7.32. The van der Waals surface area contributed by atoms with E-state index in [9.17, 15) is 9.59 Å². The maximum Gasteiger partial charge on any atom is 0.253 e. The number of nitrogens with two attached hydrogens (primary N) is 1. The lowest BCUT2D eigenvalue weighted by molar-refractivity contribution is -0.134. The summed E-state index contributed by atoms with van der Waals surface area (Å²) in [7, 11) is 3.75. The van der Waals surface area contributed by atoms with Crippen LogP contribution in [0.25, 0.3) is 0 Å². The molecule has 2 amide bonds. The lowest BCUT2D eigenvalue weighted by atomic mass is 9.88. The summed E-state index contributed by atoms with van der Waals surface area (Å²) in [4.78, 5) is 28.3. The summed E-state index contributed by atoms with van der Waals surface area (Å²) in [6.07, 6.45) is 2.55. The lowest BCUT2D eigenvalue weighted by Gasteiger charge is -2.31. The van der Waals surface area contributed by atoms with E-state index < -0.39 is 0 Å². The minimum atomic E-state index is 0.0450. The topological polar surface area (TPSA) is 66.6 Å². The molecular formula is C18H25N3O2. The molecule has 0 spiro atoms. The summed E-state index contributed by atoms with van der Waals surface area (Å²) in [6, 6.07) is 7.75. The van der Waals surface area contributed by atoms with E-state index in [0.29, 0.717) is 30.4 Å². The predicted octanol–water partition coefficient (Wildman–Crippen LogP) is 1.47. The van der Waals surface area contributed by atoms with Crippen molar-refractivity contribution in [2.45, 2.75) is 31.8 Å². The Bertz CT molecular complexity index is 616. The van der Waals surface area contributed by atoms with Crippen LogP contribution in [0.5, 0.6) is 0 Å². The van der Waals surface area contributed by atoms with Gasteiger partial charge in [0.2, 0.25) is 5.91 Å². The van der Waals surface area contributed by atoms with Gasteiger partial charge in [0.05, 0.1) is 0 Å². The van der Waals surface area contributed by atoms with E-state index in [1.54, 1.807) is 0 Å². The van der Waals surface area contributed by atoms with E-state index in [2.05, 4.69) is 0 Å². The van der Waals surface area contributed by atoms with Gasteiger partial charge in [0.1, 0.15) is 0 Å². The number of rotatable bonds is 3. The van der Waals surface area contributed by atoms with Gasteiger partial charge in [-0.3, -0.25) is 9.59 Å². The zero-order valence-electron chi connectivity index (χ0n) is 13.9. The number of piperidine rings is 1. The van der Waals surface area contributed by atoms with Crippen LogP contribution in [0.4, 0.5) is 0 Å². The highest BCUT2D eigenvalue weighted by Crippen LogP contribution is 2.40. The Morgan fingerprint density at radius 1 is 1.35 bits per heavy atom. The molecule has 0 unspecified atom stereocenters. The molecule has 5 heteroatoms. The summed E-state index contributed by atoms with van der Waals surface area (Å²) in [6.45, 7) is 1.26. The number of amides is 2. The highest BCUT2D eigenvalue weighted by Gasteiger charge is 2.42. The average molecular weight is 315 g/mol. The highest BCUT2D eigenvalue weighted by molar-refractivity contribution is 5.94. The standard InChI is InChI=1S/C18H25N3O2/c1-20-11-15-8-16(7-14(15)9-17(20)22)21(2)18(23)13-5-3-4-12(6-13)10-19/h3-6,14-16H,7-11,19H2,1-2H3/t14-,15+,16-/m1/s1. The van der Waals surface area contributed by atoms with Crippen molar-refractivity contribution in [3.8, 4) is 0 Å². The summed E-state index contributed by atoms with van der Waals surface area (Å²) in [5, 5.41) is 0. The molecule has 0 radical (unpaired) electrons. The summed E-state index contributed by atoms with van der Waals surface area (Å²) in [5.74, 6) is 1.22. The number of carbonyl (C=O) groups excluding carboxylic acids is 2. The minimum Gasteiger partial charge on any atom is -0.345 e. The zero-order valence-corrected chi connectivity index (χ0v) is 13.9. The van der Waals surface area contributed by atoms with Gasteiger partial charge in [-0.25, -0.2) is 0 Å². The lowest BCUT2D eigenvalue weighted by Crippen LogP contribution is -2.39. The quantitative estimate of drug-likeness (QED) is 0.918. The third kappa shape index (κ3) is 3.11. The van der Waals surface area contributed by atoms with Crippen LogP contribution in [0.3, 0.4) is 0 Å². The second-order valence-corrected chi connectivity index (χ2v) is 6.94. The van der Waals surface area contributed by atoms with Crippen molar-refractivity contribution in [3.63, 3.8) is 0 Å². The molecule has 1 aromatic rings. The van der Waals surface area contributed by atoms with Crippen LogP contribution in [-0.2, 0) is 11.3 Å². The number of carbonyl (C=O) groups is 2. The number of nitrogens with zero attached hydrogens (tertiary/aromatic N) is 2. The van der Waals surface area contributed by atoms with Crippen molar-refractivity contribution >= 4 is 11.8 Å². The van der Waals surface area contributed by atoms with Crippen LogP contribution < -0.4 is 5.73 Å². The van der Waals surface area contributed by atoms with Crippen molar-refractivity contribution in [1.29, 1.82) is 0 Å². The number of benzene rings is 1. The predicted molar refractivity (Wildman–Crippen MR) is 88.7 cm³/mol. The van der Waals surface area contributed by atoms with Gasteiger partial charge in [-0.2, -0.15) is 0 Å². The van der Waals surface area contributed by atoms with Crippen LogP contribution in [0.1, 0.15) is 35.2 Å². The van der Waals surface area contributed by atoms with Gasteiger partial charge < -0.3 is 15.5 Å². The molecular weight excluding hydrogens is 290 g/mol. The fraction of sp³-hybridized carbons (Fsp3) is 0.556. The van der Waals surface area contributed by atoms with Gasteiger partial charge in [-0.15, -0.1) is 0 Å². The van der Waals surface area contributed by atoms with Crippen molar-refractivity contribution in [2.75, 3.05) is 20.6 Å². The first kappa shape index (κ1) is 16.0. The van der Waals surface area contributed by atoms with Crippen LogP contribution in [0.2, 0.25) is 0 Å². The van der Waals surface area contributed by atoms with Gasteiger partial charge in [0.25, 0.3) is 5.91 Å². The summed E-state index contributed by atoms with van der Waals surface area (Å²) >= 11 is 0. The van der Waals surface area contributed by atoms with Gasteiger partial charge >= 0.3 is 0 Å². The SMILES string of the molecule is CN1C[C@@H]2C[C@H](N(C)C(=O)c3cccc(CN)c3)C[C@@H]2CC1=O. The molecule has 1 aliphatic heterocycles. The van der Waals surface area contributed by atoms with E-state index in [1.165, 1.54) is 0 Å². The van der Waals surface area contributed by atoms with Crippen molar-refractivity contribution < 1.29 is 9.59 Å². The van der Waals surface area contributed by atoms with Gasteiger partial charge in [-0.05, 0) is 42.4 Å². The van der Waals surface area contributed by atoms with E-state index in [4.69, 9.17) is 5.73 Å². The Balaban J connectivity index is 1.70. The molecule has 2 fully saturated rings. The molecule has 1 heterocycles. The molecule has 1 saturated carbocycles. The molecule has 0 bridgehead atoms. The monoisotopic (exact) mass is 315 g/mol. The van der Waals surface area contributed by atoms with Crippen molar-refractivity contribution in [3.05, 3.63) is 35.4 Å². The molecule has 2 N–H and O–H groups in total. The highest BCUT2D eigenvalue weighted by atomic mass is 16.2. The Kier molecular flexibility index (Phi) is 4.39. The van der Waals surface area contributed by atoms with Crippen LogP contribution in [0, 0.1) is 11.8 Å². The van der Waals surface area contributed by atoms with Crippen LogP contribution in [-0.4, -0.2) is 48.3 Å². The van der Waals surface area contributed by atoms with Gasteiger partial charge in [-0.1, -0.05) is 12.1 Å². The average Bonchev–Trinajstić information content (AvgIpc) is 2.96. The Morgan fingerprint density at radius 2 is 2.09 bits per heavy atom. The second kappa shape index (κ2) is 6.32. The van der Waals surface area contributed by atoms with E-state index in [-0.39, 0.29) is 17.9 Å². The van der Waals surface area contributed by atoms with E-state index in [1.807, 2.05) is 48.2 Å². The van der Waals surface area contributed by atoms with Crippen molar-refractivity contribution in [1.82, 2.24) is 9.80 Å². The largest absolute Gasteiger partial charge is 0.345 e. The fourth-order valence-electron chi connectivity index (χ4n) is 4.00. The zero-order chi connectivity index (χ0) is 16.6. The molecule has 3 atom stereocenters. The van der Waals surface area contributed by atoms with E-state index in [0.717, 1.165) is 24.9 Å². The Labute approximate surface area is 137 Å². The molecule has 1 saturated heterocycles. The number of fused-ring (bicyclic) bond motifs is 1. The first-order valence-electron chi connectivity index (χ1n) is 8.29. The molecule has 124 valence electrons. The normalized spacial score (nSPS) is 27.0. The first-order valence-corrected chi connectivity index (χ1v) is 8.29. The third-order valence-corrected chi connectivity index (χ3v) is 5.46. The Morgan fingerprint density at radius 3 is 2.83 bits per heavy atom. The van der Waals surface area contributed by atoms with E-state index >= 15 is 0 Å². The third-order valence-electron chi connectivity index (χ3n) is 5.46. The number of hydrogen-bond acceptors (Lipinski definition) is 3. The molecule has 1 aromatic carbocycles. The minimum absolute atomic E-state index is 0.0450. The fourth-order valence-corrected chi connectivity index (χ4v) is 4.00. The maximum atomic E-state index is 12.7. The maximum absolute atomic E-state index is 12.7. The number of hydrogen-bond donors (Lipinski definition) is 1. The molecule has 1 aliphatic carbocycles. The molecule has 2 aliphatic rings. The van der Waals surface area contributed by atoms with Gasteiger partial charge in [0.15, 0.2) is 0 Å². The first-order chi connectivity index (χ1) is 11.0. The molecule has 23 heavy (non-hydrogen) atoms. The van der Waals surface area contributed by atoms with Crippen molar-refractivity contribution in [2.24, 2.45) is 17.6 Å².